The van der Waals surface area contributed by atoms with Crippen molar-refractivity contribution >= 4 is 41.3 Å². The summed E-state index contributed by atoms with van der Waals surface area (Å²) in [4.78, 5) is 10.8. The van der Waals surface area contributed by atoms with Gasteiger partial charge in [0.25, 0.3) is 0 Å². The SMILES string of the molecule is CN(C(N)=NCc1nc(-c2ccccc2F)cs1)C1CC1.I. The van der Waals surface area contributed by atoms with E-state index in [9.17, 15) is 4.39 Å². The van der Waals surface area contributed by atoms with Gasteiger partial charge in [0.1, 0.15) is 10.8 Å². The third kappa shape index (κ3) is 3.95. The van der Waals surface area contributed by atoms with E-state index in [0.717, 1.165) is 5.01 Å². The molecule has 1 aliphatic carbocycles. The normalized spacial score (nSPS) is 14.5. The van der Waals surface area contributed by atoms with Gasteiger partial charge in [-0.2, -0.15) is 0 Å². The first-order chi connectivity index (χ1) is 10.1. The van der Waals surface area contributed by atoms with Gasteiger partial charge in [0.2, 0.25) is 0 Å². The summed E-state index contributed by atoms with van der Waals surface area (Å²) in [5.74, 6) is 0.283. The smallest absolute Gasteiger partial charge is 0.191 e. The molecular formula is C15H18FIN4S. The lowest BCUT2D eigenvalue weighted by Crippen LogP contribution is -2.35. The molecule has 1 aliphatic rings. The second kappa shape index (κ2) is 7.36. The van der Waals surface area contributed by atoms with Crippen molar-refractivity contribution in [1.82, 2.24) is 9.88 Å². The molecule has 2 N–H and O–H groups in total. The minimum Gasteiger partial charge on any atom is -0.370 e. The van der Waals surface area contributed by atoms with Gasteiger partial charge >= 0.3 is 0 Å². The zero-order valence-electron chi connectivity index (χ0n) is 12.2. The summed E-state index contributed by atoms with van der Waals surface area (Å²) in [7, 11) is 1.96. The highest BCUT2D eigenvalue weighted by molar-refractivity contribution is 14.0. The topological polar surface area (TPSA) is 54.5 Å². The maximum absolute atomic E-state index is 13.7. The molecule has 1 aromatic heterocycles. The molecule has 0 radical (unpaired) electrons. The third-order valence-corrected chi connectivity index (χ3v) is 4.37. The zero-order chi connectivity index (χ0) is 14.8. The molecule has 2 aromatic rings. The van der Waals surface area contributed by atoms with Crippen LogP contribution in [0.1, 0.15) is 17.8 Å². The molecule has 0 bridgehead atoms. The predicted octanol–water partition coefficient (Wildman–Crippen LogP) is 3.48. The average Bonchev–Trinajstić information content (AvgIpc) is 3.23. The Bertz CT molecular complexity index is 669. The summed E-state index contributed by atoms with van der Waals surface area (Å²) in [5.41, 5.74) is 7.11. The summed E-state index contributed by atoms with van der Waals surface area (Å²) in [6.45, 7) is 0.433. The number of guanidine groups is 1. The van der Waals surface area contributed by atoms with Crippen molar-refractivity contribution in [2.45, 2.75) is 25.4 Å². The fourth-order valence-electron chi connectivity index (χ4n) is 2.09. The van der Waals surface area contributed by atoms with Gasteiger partial charge in [-0.3, -0.25) is 0 Å². The van der Waals surface area contributed by atoms with Gasteiger partial charge in [-0.15, -0.1) is 35.3 Å². The fourth-order valence-corrected chi connectivity index (χ4v) is 2.80. The van der Waals surface area contributed by atoms with Gasteiger partial charge in [0.15, 0.2) is 5.96 Å². The molecule has 1 heterocycles. The number of halogens is 2. The van der Waals surface area contributed by atoms with Gasteiger partial charge in [-0.05, 0) is 25.0 Å². The molecule has 4 nitrogen and oxygen atoms in total. The molecule has 1 saturated carbocycles. The van der Waals surface area contributed by atoms with Crippen LogP contribution in [-0.2, 0) is 6.54 Å². The predicted molar refractivity (Wildman–Crippen MR) is 99.0 cm³/mol. The highest BCUT2D eigenvalue weighted by Gasteiger charge is 2.27. The number of nitrogens with zero attached hydrogens (tertiary/aromatic N) is 3. The Hall–Kier alpha value is -1.22. The Morgan fingerprint density at radius 1 is 1.45 bits per heavy atom. The Kier molecular flexibility index (Phi) is 5.74. The number of thiazole rings is 1. The lowest BCUT2D eigenvalue weighted by Gasteiger charge is -2.16. The number of hydrogen-bond donors (Lipinski definition) is 1. The Morgan fingerprint density at radius 3 is 2.86 bits per heavy atom. The summed E-state index contributed by atoms with van der Waals surface area (Å²) in [6, 6.07) is 7.18. The molecule has 0 amide bonds. The molecule has 1 fully saturated rings. The van der Waals surface area contributed by atoms with Crippen LogP contribution < -0.4 is 5.73 Å². The van der Waals surface area contributed by atoms with E-state index in [2.05, 4.69) is 9.98 Å². The van der Waals surface area contributed by atoms with Crippen molar-refractivity contribution < 1.29 is 4.39 Å². The van der Waals surface area contributed by atoms with Crippen LogP contribution in [0, 0.1) is 5.82 Å². The highest BCUT2D eigenvalue weighted by Crippen LogP contribution is 2.26. The van der Waals surface area contributed by atoms with Crippen molar-refractivity contribution in [3.05, 3.63) is 40.5 Å². The Labute approximate surface area is 150 Å². The van der Waals surface area contributed by atoms with Gasteiger partial charge in [-0.25, -0.2) is 14.4 Å². The van der Waals surface area contributed by atoms with Crippen LogP contribution >= 0.6 is 35.3 Å². The van der Waals surface area contributed by atoms with Gasteiger partial charge in [0.05, 0.1) is 12.2 Å². The largest absolute Gasteiger partial charge is 0.370 e. The molecule has 118 valence electrons. The third-order valence-electron chi connectivity index (χ3n) is 3.53. The van der Waals surface area contributed by atoms with Crippen LogP contribution in [0.3, 0.4) is 0 Å². The zero-order valence-corrected chi connectivity index (χ0v) is 15.3. The molecule has 0 atom stereocenters. The molecule has 7 heteroatoms. The van der Waals surface area contributed by atoms with E-state index in [4.69, 9.17) is 5.73 Å². The van der Waals surface area contributed by atoms with Crippen molar-refractivity contribution in [3.63, 3.8) is 0 Å². The van der Waals surface area contributed by atoms with Crippen LogP contribution in [0.25, 0.3) is 11.3 Å². The van der Waals surface area contributed by atoms with Gasteiger partial charge < -0.3 is 10.6 Å². The van der Waals surface area contributed by atoms with Crippen LogP contribution in [-0.4, -0.2) is 28.9 Å². The molecule has 0 aliphatic heterocycles. The summed E-state index contributed by atoms with van der Waals surface area (Å²) in [6.07, 6.45) is 2.36. The van der Waals surface area contributed by atoms with Crippen LogP contribution in [0.15, 0.2) is 34.6 Å². The number of hydrogen-bond acceptors (Lipinski definition) is 3. The number of aliphatic imine (C=N–C) groups is 1. The standard InChI is InChI=1S/C15H17FN4S.HI/c1-20(10-6-7-10)15(17)18-8-14-19-13(9-21-14)11-4-2-3-5-12(11)16;/h2-5,9-10H,6-8H2,1H3,(H2,17,18);1H. The second-order valence-electron chi connectivity index (χ2n) is 5.12. The van der Waals surface area contributed by atoms with E-state index < -0.39 is 0 Å². The summed E-state index contributed by atoms with van der Waals surface area (Å²) < 4.78 is 13.7. The Morgan fingerprint density at radius 2 is 2.18 bits per heavy atom. The monoisotopic (exact) mass is 432 g/mol. The fraction of sp³-hybridized carbons (Fsp3) is 0.333. The lowest BCUT2D eigenvalue weighted by molar-refractivity contribution is 0.487. The molecule has 1 aromatic carbocycles. The molecule has 0 unspecified atom stereocenters. The van der Waals surface area contributed by atoms with E-state index in [1.807, 2.05) is 17.3 Å². The van der Waals surface area contributed by atoms with E-state index in [1.165, 1.54) is 30.2 Å². The number of benzene rings is 1. The molecule has 3 rings (SSSR count). The van der Waals surface area contributed by atoms with Crippen LogP contribution in [0.2, 0.25) is 0 Å². The van der Waals surface area contributed by atoms with Crippen molar-refractivity contribution in [1.29, 1.82) is 0 Å². The van der Waals surface area contributed by atoms with E-state index in [-0.39, 0.29) is 29.8 Å². The average molecular weight is 432 g/mol. The maximum atomic E-state index is 13.7. The molecule has 0 spiro atoms. The number of nitrogens with two attached hydrogens (primary N) is 1. The first kappa shape index (κ1) is 17.1. The number of aromatic nitrogens is 1. The van der Waals surface area contributed by atoms with E-state index >= 15 is 0 Å². The summed E-state index contributed by atoms with van der Waals surface area (Å²) >= 11 is 1.47. The van der Waals surface area contributed by atoms with Gasteiger partial charge in [0, 0.05) is 24.0 Å². The lowest BCUT2D eigenvalue weighted by atomic mass is 10.2. The minimum absolute atomic E-state index is 0. The van der Waals surface area contributed by atoms with Crippen LogP contribution in [0.4, 0.5) is 4.39 Å². The molecule has 22 heavy (non-hydrogen) atoms. The second-order valence-corrected chi connectivity index (χ2v) is 6.07. The Balaban J connectivity index is 0.00000176. The molecular weight excluding hydrogens is 414 g/mol. The van der Waals surface area contributed by atoms with E-state index in [0.29, 0.717) is 29.8 Å². The van der Waals surface area contributed by atoms with Gasteiger partial charge in [-0.1, -0.05) is 12.1 Å². The van der Waals surface area contributed by atoms with Crippen LogP contribution in [0.5, 0.6) is 0 Å². The van der Waals surface area contributed by atoms with E-state index in [1.54, 1.807) is 18.2 Å². The minimum atomic E-state index is -0.258. The summed E-state index contributed by atoms with van der Waals surface area (Å²) in [5, 5.41) is 2.68. The highest BCUT2D eigenvalue weighted by atomic mass is 127. The van der Waals surface area contributed by atoms with Crippen molar-refractivity contribution in [2.75, 3.05) is 7.05 Å². The first-order valence-electron chi connectivity index (χ1n) is 6.87. The molecule has 0 saturated heterocycles. The van der Waals surface area contributed by atoms with Crippen molar-refractivity contribution in [3.8, 4) is 11.3 Å². The van der Waals surface area contributed by atoms with Crippen molar-refractivity contribution in [2.24, 2.45) is 10.7 Å². The number of rotatable bonds is 4. The quantitative estimate of drug-likeness (QED) is 0.458. The first-order valence-corrected chi connectivity index (χ1v) is 7.75. The maximum Gasteiger partial charge on any atom is 0.191 e.